The highest BCUT2D eigenvalue weighted by molar-refractivity contribution is 7.80. The number of hydrogen-bond donors (Lipinski definition) is 1. The Bertz CT molecular complexity index is 323. The molecule has 1 aromatic carbocycles. The number of hydrogen-bond acceptors (Lipinski definition) is 1. The van der Waals surface area contributed by atoms with E-state index in [4.69, 9.17) is 12.2 Å². The van der Waals surface area contributed by atoms with E-state index in [1.54, 1.807) is 0 Å². The van der Waals surface area contributed by atoms with Gasteiger partial charge in [0, 0.05) is 19.3 Å². The predicted octanol–water partition coefficient (Wildman–Crippen LogP) is 2.33. The highest BCUT2D eigenvalue weighted by atomic mass is 32.1. The molecule has 1 aromatic rings. The van der Waals surface area contributed by atoms with Gasteiger partial charge in [0.25, 0.3) is 0 Å². The van der Waals surface area contributed by atoms with Crippen molar-refractivity contribution < 1.29 is 0 Å². The average molecular weight is 208 g/mol. The van der Waals surface area contributed by atoms with E-state index in [-0.39, 0.29) is 0 Å². The molecule has 0 atom stereocenters. The van der Waals surface area contributed by atoms with Gasteiger partial charge in [0.2, 0.25) is 0 Å². The molecule has 0 heterocycles. The largest absolute Gasteiger partial charge is 0.365 e. The smallest absolute Gasteiger partial charge is 0.173 e. The van der Waals surface area contributed by atoms with Crippen molar-refractivity contribution in [3.63, 3.8) is 0 Å². The van der Waals surface area contributed by atoms with E-state index in [0.717, 1.165) is 17.3 Å². The Kier molecular flexibility index (Phi) is 3.89. The summed E-state index contributed by atoms with van der Waals surface area (Å²) in [5, 5.41) is 3.75. The molecule has 0 amide bonds. The summed E-state index contributed by atoms with van der Waals surface area (Å²) in [6.07, 6.45) is 0. The number of aryl methyl sites for hydroxylation is 1. The van der Waals surface area contributed by atoms with E-state index in [1.807, 2.05) is 13.1 Å². The third kappa shape index (κ3) is 2.45. The highest BCUT2D eigenvalue weighted by Crippen LogP contribution is 2.15. The monoisotopic (exact) mass is 208 g/mol. The third-order valence-electron chi connectivity index (χ3n) is 2.09. The van der Waals surface area contributed by atoms with Crippen LogP contribution in [0.4, 0.5) is 5.69 Å². The van der Waals surface area contributed by atoms with Gasteiger partial charge in [-0.1, -0.05) is 12.1 Å². The third-order valence-corrected chi connectivity index (χ3v) is 2.51. The second kappa shape index (κ2) is 4.96. The number of anilines is 1. The molecule has 0 radical (unpaired) electrons. The Hall–Kier alpha value is -1.09. The molecule has 0 spiro atoms. The first-order valence-corrected chi connectivity index (χ1v) is 5.15. The normalized spacial score (nSPS) is 9.64. The summed E-state index contributed by atoms with van der Waals surface area (Å²) >= 11 is 5.22. The van der Waals surface area contributed by atoms with Crippen molar-refractivity contribution in [1.82, 2.24) is 5.32 Å². The van der Waals surface area contributed by atoms with E-state index >= 15 is 0 Å². The van der Waals surface area contributed by atoms with Crippen molar-refractivity contribution >= 4 is 23.0 Å². The van der Waals surface area contributed by atoms with Crippen molar-refractivity contribution in [3.8, 4) is 0 Å². The number of nitrogens with zero attached hydrogens (tertiary/aromatic N) is 1. The average Bonchev–Trinajstić information content (AvgIpc) is 2.19. The van der Waals surface area contributed by atoms with Crippen LogP contribution in [0.3, 0.4) is 0 Å². The van der Waals surface area contributed by atoms with Crippen LogP contribution in [0.15, 0.2) is 24.3 Å². The second-order valence-corrected chi connectivity index (χ2v) is 3.53. The fourth-order valence-corrected chi connectivity index (χ4v) is 1.61. The van der Waals surface area contributed by atoms with Gasteiger partial charge in [-0.2, -0.15) is 0 Å². The Labute approximate surface area is 90.9 Å². The molecule has 1 N–H and O–H groups in total. The molecule has 0 aromatic heterocycles. The van der Waals surface area contributed by atoms with Gasteiger partial charge in [0.1, 0.15) is 0 Å². The van der Waals surface area contributed by atoms with Gasteiger partial charge in [-0.05, 0) is 43.8 Å². The fourth-order valence-electron chi connectivity index (χ4n) is 1.37. The summed E-state index contributed by atoms with van der Waals surface area (Å²) in [6, 6.07) is 8.33. The van der Waals surface area contributed by atoms with Crippen LogP contribution < -0.4 is 10.2 Å². The summed E-state index contributed by atoms with van der Waals surface area (Å²) in [4.78, 5) is 2.07. The molecule has 0 bridgehead atoms. The zero-order chi connectivity index (χ0) is 10.6. The molecule has 14 heavy (non-hydrogen) atoms. The van der Waals surface area contributed by atoms with Crippen LogP contribution in [0, 0.1) is 6.92 Å². The quantitative estimate of drug-likeness (QED) is 0.751. The Morgan fingerprint density at radius 2 is 2.21 bits per heavy atom. The summed E-state index contributed by atoms with van der Waals surface area (Å²) in [7, 11) is 1.85. The molecule has 3 heteroatoms. The summed E-state index contributed by atoms with van der Waals surface area (Å²) in [5.74, 6) is 0. The van der Waals surface area contributed by atoms with Gasteiger partial charge in [-0.15, -0.1) is 0 Å². The van der Waals surface area contributed by atoms with Crippen LogP contribution in [-0.2, 0) is 0 Å². The zero-order valence-corrected chi connectivity index (χ0v) is 9.69. The van der Waals surface area contributed by atoms with Gasteiger partial charge < -0.3 is 10.2 Å². The minimum Gasteiger partial charge on any atom is -0.365 e. The molecular formula is C11H16N2S. The standard InChI is InChI=1S/C11H16N2S/c1-4-13(11(14)12-3)10-7-5-6-9(2)8-10/h5-8H,4H2,1-3H3,(H,12,14). The lowest BCUT2D eigenvalue weighted by atomic mass is 10.2. The van der Waals surface area contributed by atoms with Crippen LogP contribution in [0.5, 0.6) is 0 Å². The van der Waals surface area contributed by atoms with Gasteiger partial charge in [0.15, 0.2) is 5.11 Å². The first kappa shape index (κ1) is 11.0. The Balaban J connectivity index is 2.94. The Morgan fingerprint density at radius 3 is 2.71 bits per heavy atom. The number of benzene rings is 1. The van der Waals surface area contributed by atoms with Crippen molar-refractivity contribution in [1.29, 1.82) is 0 Å². The molecule has 0 fully saturated rings. The van der Waals surface area contributed by atoms with Crippen LogP contribution >= 0.6 is 12.2 Å². The van der Waals surface area contributed by atoms with Gasteiger partial charge in [0.05, 0.1) is 0 Å². The Morgan fingerprint density at radius 1 is 1.50 bits per heavy atom. The first-order chi connectivity index (χ1) is 6.69. The summed E-state index contributed by atoms with van der Waals surface area (Å²) in [5.41, 5.74) is 2.40. The molecular weight excluding hydrogens is 192 g/mol. The number of rotatable bonds is 2. The molecule has 0 aliphatic heterocycles. The lowest BCUT2D eigenvalue weighted by Gasteiger charge is -2.23. The second-order valence-electron chi connectivity index (χ2n) is 3.14. The fraction of sp³-hybridized carbons (Fsp3) is 0.364. The topological polar surface area (TPSA) is 15.3 Å². The SMILES string of the molecule is CCN(C(=S)NC)c1cccc(C)c1. The predicted molar refractivity (Wildman–Crippen MR) is 65.9 cm³/mol. The molecule has 76 valence electrons. The lowest BCUT2D eigenvalue weighted by Crippen LogP contribution is -2.37. The minimum absolute atomic E-state index is 0.762. The molecule has 0 aliphatic rings. The molecule has 1 rings (SSSR count). The van der Waals surface area contributed by atoms with Gasteiger partial charge in [-0.3, -0.25) is 0 Å². The van der Waals surface area contributed by atoms with Crippen LogP contribution in [-0.4, -0.2) is 18.7 Å². The van der Waals surface area contributed by atoms with E-state index in [9.17, 15) is 0 Å². The van der Waals surface area contributed by atoms with Crippen LogP contribution in [0.2, 0.25) is 0 Å². The minimum atomic E-state index is 0.762. The lowest BCUT2D eigenvalue weighted by molar-refractivity contribution is 1.01. The summed E-state index contributed by atoms with van der Waals surface area (Å²) in [6.45, 7) is 5.05. The van der Waals surface area contributed by atoms with Gasteiger partial charge in [-0.25, -0.2) is 0 Å². The van der Waals surface area contributed by atoms with Gasteiger partial charge >= 0.3 is 0 Å². The van der Waals surface area contributed by atoms with Crippen LogP contribution in [0.1, 0.15) is 12.5 Å². The van der Waals surface area contributed by atoms with Crippen molar-refractivity contribution in [3.05, 3.63) is 29.8 Å². The maximum atomic E-state index is 5.22. The summed E-state index contributed by atoms with van der Waals surface area (Å²) < 4.78 is 0. The number of nitrogens with one attached hydrogen (secondary N) is 1. The number of thiocarbonyl (C=S) groups is 1. The molecule has 0 aliphatic carbocycles. The maximum absolute atomic E-state index is 5.22. The van der Waals surface area contributed by atoms with E-state index in [0.29, 0.717) is 0 Å². The van der Waals surface area contributed by atoms with Crippen molar-refractivity contribution in [2.24, 2.45) is 0 Å². The first-order valence-electron chi connectivity index (χ1n) is 4.75. The van der Waals surface area contributed by atoms with E-state index in [1.165, 1.54) is 5.56 Å². The van der Waals surface area contributed by atoms with E-state index in [2.05, 4.69) is 42.3 Å². The van der Waals surface area contributed by atoms with Crippen molar-refractivity contribution in [2.45, 2.75) is 13.8 Å². The highest BCUT2D eigenvalue weighted by Gasteiger charge is 2.07. The molecule has 0 saturated heterocycles. The van der Waals surface area contributed by atoms with E-state index < -0.39 is 0 Å². The van der Waals surface area contributed by atoms with Crippen LogP contribution in [0.25, 0.3) is 0 Å². The zero-order valence-electron chi connectivity index (χ0n) is 8.87. The van der Waals surface area contributed by atoms with Crippen molar-refractivity contribution in [2.75, 3.05) is 18.5 Å². The molecule has 2 nitrogen and oxygen atoms in total. The molecule has 0 unspecified atom stereocenters. The maximum Gasteiger partial charge on any atom is 0.173 e. The molecule has 0 saturated carbocycles.